The minimum absolute atomic E-state index is 0.192. The molecule has 1 aromatic carbocycles. The van der Waals surface area contributed by atoms with Crippen LogP contribution in [0.5, 0.6) is 0 Å². The van der Waals surface area contributed by atoms with Crippen molar-refractivity contribution in [2.75, 3.05) is 18.1 Å². The molecular weight excluding hydrogens is 204 g/mol. The van der Waals surface area contributed by atoms with Crippen LogP contribution in [-0.4, -0.2) is 21.4 Å². The van der Waals surface area contributed by atoms with Gasteiger partial charge in [0.25, 0.3) is 0 Å². The van der Waals surface area contributed by atoms with Crippen LogP contribution >= 0.6 is 0 Å². The molecule has 0 radical (unpaired) electrons. The number of hydrogen-bond acceptors (Lipinski definition) is 5. The third-order valence-electron chi connectivity index (χ3n) is 2.39. The van der Waals surface area contributed by atoms with Gasteiger partial charge in [0.1, 0.15) is 0 Å². The molecule has 2 aromatic rings. The zero-order valence-electron chi connectivity index (χ0n) is 8.80. The van der Waals surface area contributed by atoms with Crippen LogP contribution in [0.1, 0.15) is 5.56 Å². The monoisotopic (exact) mass is 218 g/mol. The molecule has 1 heterocycles. The molecule has 16 heavy (non-hydrogen) atoms. The van der Waals surface area contributed by atoms with Crippen LogP contribution in [0.2, 0.25) is 0 Å². The Kier molecular flexibility index (Phi) is 2.74. The van der Waals surface area contributed by atoms with Gasteiger partial charge in [0.05, 0.1) is 0 Å². The second-order valence-corrected chi connectivity index (χ2v) is 3.45. The predicted molar refractivity (Wildman–Crippen MR) is 62.8 cm³/mol. The first kappa shape index (κ1) is 10.4. The number of aromatic nitrogens is 3. The molecule has 0 saturated carbocycles. The van der Waals surface area contributed by atoms with E-state index in [-0.39, 0.29) is 5.95 Å². The summed E-state index contributed by atoms with van der Waals surface area (Å²) in [5.41, 5.74) is 13.1. The highest BCUT2D eigenvalue weighted by atomic mass is 15.4. The van der Waals surface area contributed by atoms with Gasteiger partial charge >= 0.3 is 0 Å². The van der Waals surface area contributed by atoms with Crippen LogP contribution in [0, 0.1) is 0 Å². The lowest BCUT2D eigenvalue weighted by molar-refractivity contribution is 0.957. The lowest BCUT2D eigenvalue weighted by Crippen LogP contribution is -2.14. The summed E-state index contributed by atoms with van der Waals surface area (Å²) < 4.78 is 1.27. The van der Waals surface area contributed by atoms with Crippen molar-refractivity contribution >= 4 is 5.95 Å². The predicted octanol–water partition coefficient (Wildman–Crippen LogP) is -0.258. The molecule has 0 fully saturated rings. The van der Waals surface area contributed by atoms with Gasteiger partial charge in [-0.3, -0.25) is 0 Å². The fourth-order valence-electron chi connectivity index (χ4n) is 1.60. The largest absolute Gasteiger partial charge is 0.366 e. The summed E-state index contributed by atoms with van der Waals surface area (Å²) in [6.45, 7) is 0.575. The fraction of sp³-hybridized carbons (Fsp3) is 0.200. The Morgan fingerprint density at radius 2 is 1.94 bits per heavy atom. The van der Waals surface area contributed by atoms with E-state index in [4.69, 9.17) is 17.3 Å². The van der Waals surface area contributed by atoms with Gasteiger partial charge < -0.3 is 17.3 Å². The molecule has 2 rings (SSSR count). The van der Waals surface area contributed by atoms with Crippen molar-refractivity contribution < 1.29 is 0 Å². The molecule has 0 bridgehead atoms. The van der Waals surface area contributed by atoms with Gasteiger partial charge in [-0.25, -0.2) is 4.68 Å². The summed E-state index contributed by atoms with van der Waals surface area (Å²) in [6, 6.07) is 7.79. The van der Waals surface area contributed by atoms with E-state index in [9.17, 15) is 0 Å². The zero-order chi connectivity index (χ0) is 11.5. The fourth-order valence-corrected chi connectivity index (χ4v) is 1.60. The van der Waals surface area contributed by atoms with Crippen LogP contribution in [0.15, 0.2) is 24.3 Å². The van der Waals surface area contributed by atoms with Gasteiger partial charge in [0, 0.05) is 5.56 Å². The highest BCUT2D eigenvalue weighted by molar-refractivity contribution is 5.61. The molecule has 1 aromatic heterocycles. The normalized spacial score (nSPS) is 10.6. The van der Waals surface area contributed by atoms with E-state index in [1.54, 1.807) is 0 Å². The number of rotatable bonds is 3. The summed E-state index contributed by atoms with van der Waals surface area (Å²) in [5.74, 6) is 6.48. The molecule has 0 atom stereocenters. The Morgan fingerprint density at radius 1 is 1.19 bits per heavy atom. The summed E-state index contributed by atoms with van der Waals surface area (Å²) in [7, 11) is 0. The second-order valence-electron chi connectivity index (χ2n) is 3.45. The molecule has 6 N–H and O–H groups in total. The van der Waals surface area contributed by atoms with Crippen molar-refractivity contribution in [1.29, 1.82) is 0 Å². The maximum atomic E-state index is 5.74. The number of hydrogen-bond donors (Lipinski definition) is 3. The Hall–Kier alpha value is -2.08. The van der Waals surface area contributed by atoms with Crippen LogP contribution in [-0.2, 0) is 6.42 Å². The van der Waals surface area contributed by atoms with E-state index in [1.807, 2.05) is 24.3 Å². The molecule has 0 aliphatic heterocycles. The summed E-state index contributed by atoms with van der Waals surface area (Å²) in [6.07, 6.45) is 0.767. The molecule has 6 nitrogen and oxygen atoms in total. The Morgan fingerprint density at radius 3 is 2.56 bits per heavy atom. The average Bonchev–Trinajstić information content (AvgIpc) is 2.61. The van der Waals surface area contributed by atoms with Crippen LogP contribution in [0.4, 0.5) is 5.95 Å². The Bertz CT molecular complexity index is 490. The number of nitrogens with two attached hydrogens (primary N) is 3. The molecule has 84 valence electrons. The first-order chi connectivity index (χ1) is 7.74. The van der Waals surface area contributed by atoms with Gasteiger partial charge in [-0.1, -0.05) is 24.3 Å². The van der Waals surface area contributed by atoms with Gasteiger partial charge in [-0.15, -0.1) is 10.2 Å². The lowest BCUT2D eigenvalue weighted by atomic mass is 10.0. The Labute approximate surface area is 93.0 Å². The third-order valence-corrected chi connectivity index (χ3v) is 2.39. The van der Waals surface area contributed by atoms with Crippen molar-refractivity contribution in [3.63, 3.8) is 0 Å². The van der Waals surface area contributed by atoms with Gasteiger partial charge in [0.2, 0.25) is 5.95 Å². The van der Waals surface area contributed by atoms with Crippen LogP contribution in [0.3, 0.4) is 0 Å². The van der Waals surface area contributed by atoms with Crippen molar-refractivity contribution in [1.82, 2.24) is 14.9 Å². The van der Waals surface area contributed by atoms with E-state index in [2.05, 4.69) is 10.2 Å². The summed E-state index contributed by atoms with van der Waals surface area (Å²) in [5, 5.41) is 7.68. The molecule has 0 unspecified atom stereocenters. The molecule has 0 amide bonds. The maximum Gasteiger partial charge on any atom is 0.241 e. The Balaban J connectivity index is 2.51. The molecule has 6 heteroatoms. The molecular formula is C10H14N6. The van der Waals surface area contributed by atoms with Crippen molar-refractivity contribution in [2.24, 2.45) is 5.73 Å². The highest BCUT2D eigenvalue weighted by Gasteiger charge is 2.12. The summed E-state index contributed by atoms with van der Waals surface area (Å²) >= 11 is 0. The maximum absolute atomic E-state index is 5.74. The third kappa shape index (κ3) is 1.70. The van der Waals surface area contributed by atoms with Gasteiger partial charge in [-0.05, 0) is 18.5 Å². The zero-order valence-corrected chi connectivity index (χ0v) is 8.80. The van der Waals surface area contributed by atoms with Gasteiger partial charge in [-0.2, -0.15) is 0 Å². The smallest absolute Gasteiger partial charge is 0.241 e. The SMILES string of the molecule is NCCc1ccccc1-c1nnc(N)n1N. The summed E-state index contributed by atoms with van der Waals surface area (Å²) in [4.78, 5) is 0. The number of nitrogens with zero attached hydrogens (tertiary/aromatic N) is 3. The van der Waals surface area contributed by atoms with Crippen LogP contribution in [0.25, 0.3) is 11.4 Å². The van der Waals surface area contributed by atoms with Gasteiger partial charge in [0.15, 0.2) is 5.82 Å². The number of benzene rings is 1. The number of nitrogen functional groups attached to an aromatic ring is 2. The molecule has 0 spiro atoms. The molecule has 0 aliphatic carbocycles. The molecule has 0 aliphatic rings. The van der Waals surface area contributed by atoms with E-state index in [0.717, 1.165) is 17.5 Å². The first-order valence-electron chi connectivity index (χ1n) is 4.98. The standard InChI is InChI=1S/C10H14N6/c11-6-5-7-3-1-2-4-8(7)9-14-15-10(12)16(9)13/h1-4H,5-6,11,13H2,(H2,12,15). The lowest BCUT2D eigenvalue weighted by Gasteiger charge is -2.07. The molecule has 0 saturated heterocycles. The van der Waals surface area contributed by atoms with E-state index >= 15 is 0 Å². The van der Waals surface area contributed by atoms with E-state index in [0.29, 0.717) is 12.4 Å². The first-order valence-corrected chi connectivity index (χ1v) is 4.98. The van der Waals surface area contributed by atoms with Crippen molar-refractivity contribution in [3.05, 3.63) is 29.8 Å². The van der Waals surface area contributed by atoms with E-state index in [1.165, 1.54) is 4.68 Å². The highest BCUT2D eigenvalue weighted by Crippen LogP contribution is 2.21. The quantitative estimate of drug-likeness (QED) is 0.615. The average molecular weight is 218 g/mol. The second kappa shape index (κ2) is 4.19. The van der Waals surface area contributed by atoms with E-state index < -0.39 is 0 Å². The minimum atomic E-state index is 0.192. The van der Waals surface area contributed by atoms with Crippen molar-refractivity contribution in [2.45, 2.75) is 6.42 Å². The van der Waals surface area contributed by atoms with Crippen LogP contribution < -0.4 is 17.3 Å². The topological polar surface area (TPSA) is 109 Å². The minimum Gasteiger partial charge on any atom is -0.366 e. The number of anilines is 1. The van der Waals surface area contributed by atoms with Crippen molar-refractivity contribution in [3.8, 4) is 11.4 Å².